The number of hydrogen-bond acceptors (Lipinski definition) is 6. The zero-order valence-electron chi connectivity index (χ0n) is 19.4. The number of nitriles is 1. The van der Waals surface area contributed by atoms with Crippen molar-refractivity contribution in [3.63, 3.8) is 0 Å². The van der Waals surface area contributed by atoms with Gasteiger partial charge in [0.05, 0.1) is 30.0 Å². The number of nitrogens with one attached hydrogen (secondary N) is 3. The molecule has 10 nitrogen and oxygen atoms in total. The third kappa shape index (κ3) is 4.66. The summed E-state index contributed by atoms with van der Waals surface area (Å²) in [4.78, 5) is 27.9. The van der Waals surface area contributed by atoms with Crippen molar-refractivity contribution in [3.05, 3.63) is 64.7 Å². The fourth-order valence-electron chi connectivity index (χ4n) is 4.74. The minimum absolute atomic E-state index is 0.0739. The molecule has 3 heterocycles. The summed E-state index contributed by atoms with van der Waals surface area (Å²) in [5.74, 6) is 0.618. The second-order valence-electron chi connectivity index (χ2n) is 8.87. The number of benzene rings is 1. The van der Waals surface area contributed by atoms with Crippen molar-refractivity contribution in [1.82, 2.24) is 24.5 Å². The van der Waals surface area contributed by atoms with Gasteiger partial charge in [0.15, 0.2) is 11.6 Å². The van der Waals surface area contributed by atoms with Crippen LogP contribution in [0.3, 0.4) is 0 Å². The molecule has 35 heavy (non-hydrogen) atoms. The van der Waals surface area contributed by atoms with Crippen molar-refractivity contribution < 1.29 is 4.79 Å². The largest absolute Gasteiger partial charge is 0.338 e. The third-order valence-electron chi connectivity index (χ3n) is 6.38. The van der Waals surface area contributed by atoms with Crippen molar-refractivity contribution in [2.45, 2.75) is 38.1 Å². The van der Waals surface area contributed by atoms with Gasteiger partial charge in [0.2, 0.25) is 5.91 Å². The molecule has 1 aliphatic rings. The standard InChI is InChI=1S/C25H26N8O2/c1-32-12-10-21(30-32)29-22(34)14-16-5-4-7-18(13-16)28-24-23-20(9-11-27-25(23)35)33(31-24)19-8-3-2-6-17(19)15-26/h4-5,7,9-13,17,19H,2-3,6,8,14H2,1H3,(H,27,35)(H,28,31)(H,29,30,34). The molecule has 0 saturated heterocycles. The number of H-pyrrole nitrogens is 1. The molecule has 0 aliphatic heterocycles. The van der Waals surface area contributed by atoms with Crippen molar-refractivity contribution in [2.24, 2.45) is 13.0 Å². The zero-order chi connectivity index (χ0) is 24.4. The molecule has 0 radical (unpaired) electrons. The highest BCUT2D eigenvalue weighted by Gasteiger charge is 2.29. The fraction of sp³-hybridized carbons (Fsp3) is 0.320. The van der Waals surface area contributed by atoms with E-state index < -0.39 is 0 Å². The summed E-state index contributed by atoms with van der Waals surface area (Å²) in [5, 5.41) is 25.1. The molecule has 0 bridgehead atoms. The molecule has 0 spiro atoms. The van der Waals surface area contributed by atoms with E-state index in [9.17, 15) is 14.9 Å². The van der Waals surface area contributed by atoms with Gasteiger partial charge in [0, 0.05) is 31.2 Å². The molecular formula is C25H26N8O2. The molecule has 5 rings (SSSR count). The molecule has 1 amide bonds. The van der Waals surface area contributed by atoms with Gasteiger partial charge in [-0.1, -0.05) is 25.0 Å². The zero-order valence-corrected chi connectivity index (χ0v) is 19.4. The van der Waals surface area contributed by atoms with E-state index >= 15 is 0 Å². The number of amides is 1. The normalized spacial score (nSPS) is 17.7. The van der Waals surface area contributed by atoms with Crippen LogP contribution in [0.1, 0.15) is 37.3 Å². The van der Waals surface area contributed by atoms with Crippen LogP contribution in [0.25, 0.3) is 10.9 Å². The minimum atomic E-state index is -0.244. The molecule has 2 atom stereocenters. The van der Waals surface area contributed by atoms with Crippen LogP contribution in [0.4, 0.5) is 17.3 Å². The Morgan fingerprint density at radius 1 is 1.23 bits per heavy atom. The van der Waals surface area contributed by atoms with Gasteiger partial charge in [-0.2, -0.15) is 15.5 Å². The van der Waals surface area contributed by atoms with Crippen LogP contribution in [0, 0.1) is 17.2 Å². The Morgan fingerprint density at radius 2 is 2.09 bits per heavy atom. The monoisotopic (exact) mass is 470 g/mol. The lowest BCUT2D eigenvalue weighted by Crippen LogP contribution is -2.23. The molecule has 178 valence electrons. The Hall–Kier alpha value is -4.39. The van der Waals surface area contributed by atoms with Crippen molar-refractivity contribution >= 4 is 34.1 Å². The number of aromatic amines is 1. The van der Waals surface area contributed by atoms with Crippen LogP contribution in [0.15, 0.2) is 53.6 Å². The first kappa shape index (κ1) is 22.4. The summed E-state index contributed by atoms with van der Waals surface area (Å²) in [6, 6.07) is 13.4. The van der Waals surface area contributed by atoms with Gasteiger partial charge < -0.3 is 15.6 Å². The van der Waals surface area contributed by atoms with Gasteiger partial charge in [-0.25, -0.2) is 0 Å². The van der Waals surface area contributed by atoms with Gasteiger partial charge in [-0.15, -0.1) is 0 Å². The summed E-state index contributed by atoms with van der Waals surface area (Å²) in [6.45, 7) is 0. The van der Waals surface area contributed by atoms with Gasteiger partial charge >= 0.3 is 0 Å². The second-order valence-corrected chi connectivity index (χ2v) is 8.87. The quantitative estimate of drug-likeness (QED) is 0.394. The van der Waals surface area contributed by atoms with E-state index in [0.29, 0.717) is 28.2 Å². The predicted octanol–water partition coefficient (Wildman–Crippen LogP) is 3.64. The number of carbonyl (C=O) groups is 1. The molecule has 3 N–H and O–H groups in total. The van der Waals surface area contributed by atoms with Gasteiger partial charge in [-0.3, -0.25) is 19.0 Å². The summed E-state index contributed by atoms with van der Waals surface area (Å²) >= 11 is 0. The van der Waals surface area contributed by atoms with E-state index in [4.69, 9.17) is 5.10 Å². The SMILES string of the molecule is Cn1ccc(NC(=O)Cc2cccc(Nc3nn(C4CCCCC4C#N)c4cc[nH]c(=O)c34)c2)n1. The molecule has 1 aromatic carbocycles. The number of anilines is 3. The Morgan fingerprint density at radius 3 is 2.89 bits per heavy atom. The first-order valence-corrected chi connectivity index (χ1v) is 11.7. The van der Waals surface area contributed by atoms with Crippen molar-refractivity contribution in [3.8, 4) is 6.07 Å². The Kier molecular flexibility index (Phi) is 6.06. The summed E-state index contributed by atoms with van der Waals surface area (Å²) in [7, 11) is 1.79. The van der Waals surface area contributed by atoms with Crippen LogP contribution < -0.4 is 16.2 Å². The van der Waals surface area contributed by atoms with E-state index in [2.05, 4.69) is 26.8 Å². The minimum Gasteiger partial charge on any atom is -0.338 e. The number of carbonyl (C=O) groups excluding carboxylic acids is 1. The highest BCUT2D eigenvalue weighted by molar-refractivity contribution is 5.92. The van der Waals surface area contributed by atoms with Crippen LogP contribution in [0.5, 0.6) is 0 Å². The predicted molar refractivity (Wildman–Crippen MR) is 132 cm³/mol. The number of hydrogen-bond donors (Lipinski definition) is 3. The summed E-state index contributed by atoms with van der Waals surface area (Å²) < 4.78 is 3.46. The molecule has 1 fully saturated rings. The average Bonchev–Trinajstić information content (AvgIpc) is 3.43. The Bertz CT molecular complexity index is 1470. The van der Waals surface area contributed by atoms with E-state index in [-0.39, 0.29) is 29.8 Å². The number of nitrogens with zero attached hydrogens (tertiary/aromatic N) is 5. The van der Waals surface area contributed by atoms with Gasteiger partial charge in [-0.05, 0) is 36.6 Å². The maximum atomic E-state index is 12.8. The van der Waals surface area contributed by atoms with Crippen LogP contribution >= 0.6 is 0 Å². The second kappa shape index (κ2) is 9.46. The lowest BCUT2D eigenvalue weighted by Gasteiger charge is -2.27. The lowest BCUT2D eigenvalue weighted by molar-refractivity contribution is -0.115. The molecule has 1 saturated carbocycles. The topological polar surface area (TPSA) is 133 Å². The van der Waals surface area contributed by atoms with Crippen molar-refractivity contribution in [2.75, 3.05) is 10.6 Å². The Labute approximate surface area is 201 Å². The number of pyridine rings is 1. The highest BCUT2D eigenvalue weighted by atomic mass is 16.1. The molecule has 4 aromatic rings. The fourth-order valence-corrected chi connectivity index (χ4v) is 4.74. The number of fused-ring (bicyclic) bond motifs is 1. The van der Waals surface area contributed by atoms with Crippen LogP contribution in [-0.2, 0) is 18.3 Å². The molecule has 3 aromatic heterocycles. The number of aryl methyl sites for hydroxylation is 1. The lowest BCUT2D eigenvalue weighted by atomic mass is 9.85. The van der Waals surface area contributed by atoms with E-state index in [0.717, 1.165) is 31.2 Å². The van der Waals surface area contributed by atoms with E-state index in [1.807, 2.05) is 35.0 Å². The van der Waals surface area contributed by atoms with Crippen LogP contribution in [0.2, 0.25) is 0 Å². The van der Waals surface area contributed by atoms with Crippen molar-refractivity contribution in [1.29, 1.82) is 5.26 Å². The molecular weight excluding hydrogens is 444 g/mol. The van der Waals surface area contributed by atoms with E-state index in [1.165, 1.54) is 0 Å². The summed E-state index contributed by atoms with van der Waals surface area (Å²) in [6.07, 6.45) is 7.28. The molecule has 2 unspecified atom stereocenters. The maximum Gasteiger partial charge on any atom is 0.261 e. The van der Waals surface area contributed by atoms with Gasteiger partial charge in [0.1, 0.15) is 5.39 Å². The number of rotatable bonds is 6. The first-order valence-electron chi connectivity index (χ1n) is 11.7. The van der Waals surface area contributed by atoms with Gasteiger partial charge in [0.25, 0.3) is 5.56 Å². The smallest absolute Gasteiger partial charge is 0.261 e. The average molecular weight is 471 g/mol. The highest BCUT2D eigenvalue weighted by Crippen LogP contribution is 2.36. The summed E-state index contributed by atoms with van der Waals surface area (Å²) in [5.41, 5.74) is 1.97. The maximum absolute atomic E-state index is 12.8. The number of aromatic nitrogens is 5. The van der Waals surface area contributed by atoms with E-state index in [1.54, 1.807) is 30.2 Å². The third-order valence-corrected chi connectivity index (χ3v) is 6.38. The Balaban J connectivity index is 1.41. The molecule has 10 heteroatoms. The molecule has 1 aliphatic carbocycles. The van der Waals surface area contributed by atoms with Crippen LogP contribution in [-0.4, -0.2) is 30.5 Å². The first-order chi connectivity index (χ1) is 17.0.